The van der Waals surface area contributed by atoms with Gasteiger partial charge in [-0.2, -0.15) is 10.2 Å². The van der Waals surface area contributed by atoms with Crippen molar-refractivity contribution in [2.45, 2.75) is 39.3 Å². The number of aryl methyl sites for hydroxylation is 2. The highest BCUT2D eigenvalue weighted by Crippen LogP contribution is 2.16. The van der Waals surface area contributed by atoms with E-state index < -0.39 is 11.5 Å². The summed E-state index contributed by atoms with van der Waals surface area (Å²) in [6, 6.07) is 1.57. The van der Waals surface area contributed by atoms with Gasteiger partial charge in [-0.3, -0.25) is 14.2 Å². The summed E-state index contributed by atoms with van der Waals surface area (Å²) in [5.41, 5.74) is -0.134. The summed E-state index contributed by atoms with van der Waals surface area (Å²) >= 11 is 0. The highest BCUT2D eigenvalue weighted by molar-refractivity contribution is 5.89. The van der Waals surface area contributed by atoms with Gasteiger partial charge in [-0.05, 0) is 26.3 Å². The summed E-state index contributed by atoms with van der Waals surface area (Å²) in [5.74, 6) is -0.870. The number of anilines is 1. The number of carbonyl (C=O) groups is 2. The molecule has 118 valence electrons. The van der Waals surface area contributed by atoms with Crippen LogP contribution in [0.5, 0.6) is 0 Å². The van der Waals surface area contributed by atoms with Crippen LogP contribution in [-0.2, 0) is 21.7 Å². The Balaban J connectivity index is 1.92. The van der Waals surface area contributed by atoms with Crippen LogP contribution in [0.2, 0.25) is 0 Å². The van der Waals surface area contributed by atoms with Crippen LogP contribution in [0.4, 0.5) is 5.82 Å². The number of carboxylic acid groups (broad SMARTS) is 1. The van der Waals surface area contributed by atoms with E-state index in [0.717, 1.165) is 5.56 Å². The Morgan fingerprint density at radius 1 is 1.41 bits per heavy atom. The zero-order valence-electron chi connectivity index (χ0n) is 12.8. The lowest BCUT2D eigenvalue weighted by Crippen LogP contribution is -2.36. The van der Waals surface area contributed by atoms with Crippen molar-refractivity contribution in [1.82, 2.24) is 19.6 Å². The first-order valence-corrected chi connectivity index (χ1v) is 6.87. The number of hydrogen-bond donors (Lipinski definition) is 2. The van der Waals surface area contributed by atoms with Crippen molar-refractivity contribution in [2.75, 3.05) is 5.32 Å². The summed E-state index contributed by atoms with van der Waals surface area (Å²) in [4.78, 5) is 23.0. The second-order valence-corrected chi connectivity index (χ2v) is 5.59. The molecule has 0 fully saturated rings. The van der Waals surface area contributed by atoms with Crippen LogP contribution < -0.4 is 5.32 Å². The van der Waals surface area contributed by atoms with Gasteiger partial charge >= 0.3 is 5.97 Å². The van der Waals surface area contributed by atoms with Crippen molar-refractivity contribution in [3.05, 3.63) is 30.2 Å². The van der Waals surface area contributed by atoms with Gasteiger partial charge in [0.25, 0.3) is 0 Å². The number of carboxylic acids is 1. The second-order valence-electron chi connectivity index (χ2n) is 5.59. The summed E-state index contributed by atoms with van der Waals surface area (Å²) in [5, 5.41) is 20.0. The number of nitrogens with zero attached hydrogens (tertiary/aromatic N) is 4. The highest BCUT2D eigenvalue weighted by atomic mass is 16.4. The zero-order valence-corrected chi connectivity index (χ0v) is 12.8. The number of hydrogen-bond acceptors (Lipinski definition) is 4. The van der Waals surface area contributed by atoms with Gasteiger partial charge in [0.15, 0.2) is 11.4 Å². The molecule has 0 saturated heterocycles. The van der Waals surface area contributed by atoms with E-state index in [1.165, 1.54) is 24.7 Å². The Hall–Kier alpha value is -2.64. The van der Waals surface area contributed by atoms with Crippen LogP contribution in [0.3, 0.4) is 0 Å². The van der Waals surface area contributed by atoms with Crippen LogP contribution in [-0.4, -0.2) is 36.5 Å². The third-order valence-corrected chi connectivity index (χ3v) is 3.28. The van der Waals surface area contributed by atoms with E-state index in [1.807, 2.05) is 13.1 Å². The van der Waals surface area contributed by atoms with Gasteiger partial charge in [0, 0.05) is 31.4 Å². The average molecular weight is 305 g/mol. The first-order chi connectivity index (χ1) is 10.3. The fraction of sp³-hybridized carbons (Fsp3) is 0.429. The number of nitrogens with one attached hydrogen (secondary N) is 1. The topological polar surface area (TPSA) is 102 Å². The third-order valence-electron chi connectivity index (χ3n) is 3.28. The SMILES string of the molecule is Cc1cnn(CCC(=O)Nc2ccn(C(C)(C)C(=O)O)n2)c1. The predicted molar refractivity (Wildman–Crippen MR) is 79.4 cm³/mol. The molecule has 0 saturated carbocycles. The number of amides is 1. The molecular formula is C14H19N5O3. The van der Waals surface area contributed by atoms with Crippen LogP contribution in [0.1, 0.15) is 25.8 Å². The van der Waals surface area contributed by atoms with E-state index in [1.54, 1.807) is 16.9 Å². The van der Waals surface area contributed by atoms with E-state index in [0.29, 0.717) is 12.4 Å². The van der Waals surface area contributed by atoms with Crippen molar-refractivity contribution in [3.63, 3.8) is 0 Å². The van der Waals surface area contributed by atoms with Gasteiger partial charge < -0.3 is 10.4 Å². The molecular weight excluding hydrogens is 286 g/mol. The first kappa shape index (κ1) is 15.7. The Labute approximate surface area is 127 Å². The third kappa shape index (κ3) is 3.51. The van der Waals surface area contributed by atoms with Gasteiger partial charge in [0.05, 0.1) is 6.20 Å². The zero-order chi connectivity index (χ0) is 16.3. The summed E-state index contributed by atoms with van der Waals surface area (Å²) in [6.45, 7) is 5.48. The maximum absolute atomic E-state index is 11.9. The lowest BCUT2D eigenvalue weighted by molar-refractivity contribution is -0.146. The molecule has 2 aromatic rings. The van der Waals surface area contributed by atoms with Crippen molar-refractivity contribution in [2.24, 2.45) is 0 Å². The molecule has 0 aromatic carbocycles. The molecule has 0 spiro atoms. The molecule has 8 nitrogen and oxygen atoms in total. The van der Waals surface area contributed by atoms with E-state index in [9.17, 15) is 9.59 Å². The van der Waals surface area contributed by atoms with E-state index >= 15 is 0 Å². The monoisotopic (exact) mass is 305 g/mol. The fourth-order valence-electron chi connectivity index (χ4n) is 1.81. The summed E-state index contributed by atoms with van der Waals surface area (Å²) < 4.78 is 3.00. The minimum atomic E-state index is -1.17. The maximum Gasteiger partial charge on any atom is 0.331 e. The fourth-order valence-corrected chi connectivity index (χ4v) is 1.81. The normalized spacial score (nSPS) is 11.4. The Morgan fingerprint density at radius 3 is 2.73 bits per heavy atom. The maximum atomic E-state index is 11.9. The second kappa shape index (κ2) is 6.00. The lowest BCUT2D eigenvalue weighted by atomic mass is 10.1. The summed E-state index contributed by atoms with van der Waals surface area (Å²) in [6.07, 6.45) is 5.38. The number of aromatic nitrogens is 4. The Bertz CT molecular complexity index is 686. The smallest absolute Gasteiger partial charge is 0.331 e. The van der Waals surface area contributed by atoms with Crippen LogP contribution >= 0.6 is 0 Å². The van der Waals surface area contributed by atoms with Gasteiger partial charge in [-0.25, -0.2) is 4.79 Å². The number of rotatable bonds is 6. The van der Waals surface area contributed by atoms with Crippen molar-refractivity contribution >= 4 is 17.7 Å². The van der Waals surface area contributed by atoms with Crippen molar-refractivity contribution < 1.29 is 14.7 Å². The molecule has 0 atom stereocenters. The Morgan fingerprint density at radius 2 is 2.14 bits per heavy atom. The predicted octanol–water partition coefficient (Wildman–Crippen LogP) is 1.24. The summed E-state index contributed by atoms with van der Waals surface area (Å²) in [7, 11) is 0. The molecule has 0 aliphatic rings. The molecule has 0 bridgehead atoms. The molecule has 8 heteroatoms. The minimum absolute atomic E-state index is 0.202. The van der Waals surface area contributed by atoms with Crippen LogP contribution in [0.15, 0.2) is 24.7 Å². The van der Waals surface area contributed by atoms with Crippen LogP contribution in [0.25, 0.3) is 0 Å². The van der Waals surface area contributed by atoms with E-state index in [-0.39, 0.29) is 12.3 Å². The van der Waals surface area contributed by atoms with E-state index in [2.05, 4.69) is 15.5 Å². The lowest BCUT2D eigenvalue weighted by Gasteiger charge is -2.19. The standard InChI is InChI=1S/C14H19N5O3/c1-10-8-15-18(9-10)6-5-12(20)16-11-4-7-19(17-11)14(2,3)13(21)22/h4,7-9H,5-6H2,1-3H3,(H,21,22)(H,16,17,20). The van der Waals surface area contributed by atoms with Gasteiger partial charge in [-0.1, -0.05) is 0 Å². The van der Waals surface area contributed by atoms with Gasteiger partial charge in [0.2, 0.25) is 5.91 Å². The molecule has 0 radical (unpaired) electrons. The molecule has 2 N–H and O–H groups in total. The minimum Gasteiger partial charge on any atom is -0.479 e. The molecule has 2 heterocycles. The Kier molecular flexibility index (Phi) is 4.30. The van der Waals surface area contributed by atoms with Gasteiger partial charge in [-0.15, -0.1) is 0 Å². The number of carbonyl (C=O) groups excluding carboxylic acids is 1. The van der Waals surface area contributed by atoms with Gasteiger partial charge in [0.1, 0.15) is 0 Å². The quantitative estimate of drug-likeness (QED) is 0.836. The molecule has 2 aromatic heterocycles. The number of aliphatic carboxylic acids is 1. The molecule has 22 heavy (non-hydrogen) atoms. The molecule has 0 unspecified atom stereocenters. The molecule has 0 aliphatic heterocycles. The van der Waals surface area contributed by atoms with Crippen molar-refractivity contribution in [3.8, 4) is 0 Å². The average Bonchev–Trinajstić information content (AvgIpc) is 3.05. The molecule has 1 amide bonds. The van der Waals surface area contributed by atoms with E-state index in [4.69, 9.17) is 5.11 Å². The molecule has 2 rings (SSSR count). The molecule has 0 aliphatic carbocycles. The van der Waals surface area contributed by atoms with Crippen LogP contribution in [0, 0.1) is 6.92 Å². The first-order valence-electron chi connectivity index (χ1n) is 6.87. The largest absolute Gasteiger partial charge is 0.479 e. The van der Waals surface area contributed by atoms with Crippen molar-refractivity contribution in [1.29, 1.82) is 0 Å². The highest BCUT2D eigenvalue weighted by Gasteiger charge is 2.30.